The zero-order valence-electron chi connectivity index (χ0n) is 9.90. The molecule has 0 unspecified atom stereocenters. The molecule has 0 saturated heterocycles. The molecule has 0 amide bonds. The van der Waals surface area contributed by atoms with Crippen molar-refractivity contribution in [1.82, 2.24) is 5.32 Å². The maximum absolute atomic E-state index is 13.7. The molecule has 0 atom stereocenters. The summed E-state index contributed by atoms with van der Waals surface area (Å²) >= 11 is 0. The van der Waals surface area contributed by atoms with Crippen molar-refractivity contribution in [2.24, 2.45) is 0 Å². The summed E-state index contributed by atoms with van der Waals surface area (Å²) in [4.78, 5) is 0. The molecule has 0 spiro atoms. The van der Waals surface area contributed by atoms with Gasteiger partial charge in [-0.05, 0) is 16.5 Å². The van der Waals surface area contributed by atoms with Crippen LogP contribution in [0, 0.1) is 0 Å². The van der Waals surface area contributed by atoms with Crippen LogP contribution in [0.2, 0.25) is 0 Å². The minimum absolute atomic E-state index is 0.0968. The molecular formula is C13H17F2N. The van der Waals surface area contributed by atoms with Gasteiger partial charge in [0.05, 0.1) is 6.54 Å². The summed E-state index contributed by atoms with van der Waals surface area (Å²) in [6, 6.07) is 5.23. The summed E-state index contributed by atoms with van der Waals surface area (Å²) in [5.74, 6) is -2.74. The molecule has 1 aromatic carbocycles. The second-order valence-electron chi connectivity index (χ2n) is 5.39. The van der Waals surface area contributed by atoms with Gasteiger partial charge in [0.1, 0.15) is 0 Å². The maximum atomic E-state index is 13.7. The molecule has 2 rings (SSSR count). The summed E-state index contributed by atoms with van der Waals surface area (Å²) in [6.07, 6.45) is 0. The zero-order chi connectivity index (χ0) is 12.0. The van der Waals surface area contributed by atoms with E-state index in [9.17, 15) is 8.78 Å². The van der Waals surface area contributed by atoms with Gasteiger partial charge >= 0.3 is 0 Å². The third-order valence-electron chi connectivity index (χ3n) is 3.03. The highest BCUT2D eigenvalue weighted by Gasteiger charge is 2.38. The average molecular weight is 225 g/mol. The molecule has 1 N–H and O–H groups in total. The van der Waals surface area contributed by atoms with E-state index in [1.54, 1.807) is 12.1 Å². The van der Waals surface area contributed by atoms with Crippen LogP contribution < -0.4 is 5.32 Å². The predicted molar refractivity (Wildman–Crippen MR) is 60.7 cm³/mol. The van der Waals surface area contributed by atoms with Gasteiger partial charge in [-0.25, -0.2) is 0 Å². The van der Waals surface area contributed by atoms with E-state index in [-0.39, 0.29) is 17.5 Å². The average Bonchev–Trinajstić information content (AvgIpc) is 2.15. The Morgan fingerprint density at radius 2 is 1.94 bits per heavy atom. The van der Waals surface area contributed by atoms with E-state index < -0.39 is 5.92 Å². The second kappa shape index (κ2) is 3.52. The molecule has 0 saturated carbocycles. The quantitative estimate of drug-likeness (QED) is 0.715. The maximum Gasteiger partial charge on any atom is 0.285 e. The summed E-state index contributed by atoms with van der Waals surface area (Å²) in [6.45, 7) is 6.44. The number of rotatable bonds is 0. The molecule has 3 heteroatoms. The molecule has 0 fully saturated rings. The van der Waals surface area contributed by atoms with E-state index in [4.69, 9.17) is 0 Å². The number of fused-ring (bicyclic) bond motifs is 1. The SMILES string of the molecule is CC(C)(C)c1cccc2c1CNCC2(F)F. The molecule has 1 heterocycles. The number of nitrogens with one attached hydrogen (secondary N) is 1. The lowest BCUT2D eigenvalue weighted by Crippen LogP contribution is -2.38. The first-order valence-corrected chi connectivity index (χ1v) is 5.54. The smallest absolute Gasteiger partial charge is 0.285 e. The lowest BCUT2D eigenvalue weighted by atomic mass is 9.80. The van der Waals surface area contributed by atoms with E-state index in [1.807, 2.05) is 6.07 Å². The van der Waals surface area contributed by atoms with Gasteiger partial charge in [0.2, 0.25) is 0 Å². The van der Waals surface area contributed by atoms with Crippen molar-refractivity contribution < 1.29 is 8.78 Å². The normalized spacial score (nSPS) is 19.3. The Morgan fingerprint density at radius 3 is 2.56 bits per heavy atom. The van der Waals surface area contributed by atoms with E-state index in [0.717, 1.165) is 11.1 Å². The standard InChI is InChI=1S/C13H17F2N/c1-12(2,3)10-5-4-6-11-9(10)7-16-8-13(11,14)15/h4-6,16H,7-8H2,1-3H3. The molecule has 0 aliphatic carbocycles. The van der Waals surface area contributed by atoms with Gasteiger partial charge in [0.15, 0.2) is 0 Å². The van der Waals surface area contributed by atoms with Crippen LogP contribution in [-0.2, 0) is 17.9 Å². The molecular weight excluding hydrogens is 208 g/mol. The number of alkyl halides is 2. The molecule has 0 aromatic heterocycles. The van der Waals surface area contributed by atoms with Crippen molar-refractivity contribution in [2.45, 2.75) is 38.7 Å². The minimum Gasteiger partial charge on any atom is -0.307 e. The molecule has 0 bridgehead atoms. The molecule has 1 aliphatic heterocycles. The van der Waals surface area contributed by atoms with Gasteiger partial charge in [-0.1, -0.05) is 39.0 Å². The van der Waals surface area contributed by atoms with Crippen LogP contribution in [0.15, 0.2) is 18.2 Å². The van der Waals surface area contributed by atoms with E-state index >= 15 is 0 Å². The van der Waals surface area contributed by atoms with Crippen LogP contribution in [0.5, 0.6) is 0 Å². The molecule has 16 heavy (non-hydrogen) atoms. The fourth-order valence-electron chi connectivity index (χ4n) is 2.26. The van der Waals surface area contributed by atoms with Crippen LogP contribution in [0.25, 0.3) is 0 Å². The van der Waals surface area contributed by atoms with Crippen LogP contribution in [-0.4, -0.2) is 6.54 Å². The number of benzene rings is 1. The number of halogens is 2. The van der Waals surface area contributed by atoms with E-state index in [1.165, 1.54) is 0 Å². The Morgan fingerprint density at radius 1 is 1.25 bits per heavy atom. The van der Waals surface area contributed by atoms with Gasteiger partial charge in [-0.3, -0.25) is 0 Å². The van der Waals surface area contributed by atoms with Gasteiger partial charge in [0, 0.05) is 12.1 Å². The first-order valence-electron chi connectivity index (χ1n) is 5.54. The topological polar surface area (TPSA) is 12.0 Å². The van der Waals surface area contributed by atoms with Crippen molar-refractivity contribution in [3.63, 3.8) is 0 Å². The van der Waals surface area contributed by atoms with Crippen LogP contribution in [0.1, 0.15) is 37.5 Å². The summed E-state index contributed by atoms with van der Waals surface area (Å²) in [7, 11) is 0. The van der Waals surface area contributed by atoms with E-state index in [0.29, 0.717) is 6.54 Å². The fourth-order valence-corrected chi connectivity index (χ4v) is 2.26. The van der Waals surface area contributed by atoms with Gasteiger partial charge in [0.25, 0.3) is 5.92 Å². The minimum atomic E-state index is -2.74. The first-order chi connectivity index (χ1) is 7.32. The highest BCUT2D eigenvalue weighted by molar-refractivity contribution is 5.42. The number of hydrogen-bond acceptors (Lipinski definition) is 1. The van der Waals surface area contributed by atoms with Crippen molar-refractivity contribution in [2.75, 3.05) is 6.54 Å². The second-order valence-corrected chi connectivity index (χ2v) is 5.39. The van der Waals surface area contributed by atoms with Crippen molar-refractivity contribution >= 4 is 0 Å². The number of hydrogen-bond donors (Lipinski definition) is 1. The van der Waals surface area contributed by atoms with Crippen LogP contribution in [0.4, 0.5) is 8.78 Å². The van der Waals surface area contributed by atoms with E-state index in [2.05, 4.69) is 26.1 Å². The molecule has 1 aromatic rings. The zero-order valence-corrected chi connectivity index (χ0v) is 9.90. The van der Waals surface area contributed by atoms with Crippen molar-refractivity contribution in [3.05, 3.63) is 34.9 Å². The lowest BCUT2D eigenvalue weighted by molar-refractivity contribution is -0.0110. The largest absolute Gasteiger partial charge is 0.307 e. The Bertz CT molecular complexity index is 391. The fraction of sp³-hybridized carbons (Fsp3) is 0.538. The van der Waals surface area contributed by atoms with Crippen LogP contribution >= 0.6 is 0 Å². The Kier molecular flexibility index (Phi) is 2.54. The van der Waals surface area contributed by atoms with Gasteiger partial charge in [-0.15, -0.1) is 0 Å². The molecule has 88 valence electrons. The van der Waals surface area contributed by atoms with Crippen molar-refractivity contribution in [3.8, 4) is 0 Å². The summed E-state index contributed by atoms with van der Waals surface area (Å²) < 4.78 is 27.4. The van der Waals surface area contributed by atoms with Gasteiger partial charge < -0.3 is 5.32 Å². The third kappa shape index (κ3) is 1.84. The summed E-state index contributed by atoms with van der Waals surface area (Å²) in [5, 5.41) is 2.79. The Balaban J connectivity index is 2.61. The predicted octanol–water partition coefficient (Wildman–Crippen LogP) is 3.18. The first kappa shape index (κ1) is 11.5. The van der Waals surface area contributed by atoms with Crippen molar-refractivity contribution in [1.29, 1.82) is 0 Å². The summed E-state index contributed by atoms with van der Waals surface area (Å²) in [5.41, 5.74) is 1.88. The molecule has 0 radical (unpaired) electrons. The monoisotopic (exact) mass is 225 g/mol. The van der Waals surface area contributed by atoms with Crippen LogP contribution in [0.3, 0.4) is 0 Å². The highest BCUT2D eigenvalue weighted by Crippen LogP contribution is 2.37. The van der Waals surface area contributed by atoms with Gasteiger partial charge in [-0.2, -0.15) is 8.78 Å². The molecule has 1 nitrogen and oxygen atoms in total. The molecule has 1 aliphatic rings. The highest BCUT2D eigenvalue weighted by atomic mass is 19.3. The Labute approximate surface area is 94.9 Å². The Hall–Kier alpha value is -0.960. The lowest BCUT2D eigenvalue weighted by Gasteiger charge is -2.31. The third-order valence-corrected chi connectivity index (χ3v) is 3.03.